The summed E-state index contributed by atoms with van der Waals surface area (Å²) in [4.78, 5) is 32.2. The van der Waals surface area contributed by atoms with Crippen LogP contribution in [0, 0.1) is 12.8 Å². The van der Waals surface area contributed by atoms with E-state index in [0.29, 0.717) is 37.4 Å². The number of benzene rings is 2. The van der Waals surface area contributed by atoms with Crippen LogP contribution >= 0.6 is 11.3 Å². The lowest BCUT2D eigenvalue weighted by molar-refractivity contribution is -0.135. The molecule has 4 aromatic rings. The summed E-state index contributed by atoms with van der Waals surface area (Å²) in [6.07, 6.45) is 0.539. The Morgan fingerprint density at radius 2 is 1.97 bits per heavy atom. The molecule has 0 radical (unpaired) electrons. The standard InChI is InChI=1S/C29H30N4O4S/c1-19-14-22(24-4-2-3-5-26(24)30-19)17-37-23-8-6-21(7-9-23)28(34)31-27-16-33(15-20-11-13-38-18-20)12-10-25(27)29(35)32-36/h2-9,11,13-14,18,25,27,36H,10,12,15-17H2,1H3,(H,31,34)(H,32,35)/t25-,27+/m0/s1. The number of carbonyl (C=O) groups is 2. The second-order valence-electron chi connectivity index (χ2n) is 9.57. The molecule has 3 N–H and O–H groups in total. The average molecular weight is 531 g/mol. The number of thiophene rings is 1. The van der Waals surface area contributed by atoms with E-state index in [1.54, 1.807) is 41.1 Å². The van der Waals surface area contributed by atoms with Gasteiger partial charge in [-0.2, -0.15) is 11.3 Å². The van der Waals surface area contributed by atoms with E-state index in [-0.39, 0.29) is 5.91 Å². The van der Waals surface area contributed by atoms with E-state index in [1.165, 1.54) is 5.56 Å². The summed E-state index contributed by atoms with van der Waals surface area (Å²) in [5.74, 6) is -0.611. The molecule has 0 unspecified atom stereocenters. The van der Waals surface area contributed by atoms with Crippen molar-refractivity contribution in [2.75, 3.05) is 13.1 Å². The number of likely N-dealkylation sites (tertiary alicyclic amines) is 1. The first-order chi connectivity index (χ1) is 18.5. The van der Waals surface area contributed by atoms with E-state index in [2.05, 4.69) is 26.6 Å². The van der Waals surface area contributed by atoms with Gasteiger partial charge in [-0.25, -0.2) is 5.48 Å². The number of nitrogens with one attached hydrogen (secondary N) is 2. The number of nitrogens with zero attached hydrogens (tertiary/aromatic N) is 2. The van der Waals surface area contributed by atoms with E-state index in [9.17, 15) is 14.8 Å². The van der Waals surface area contributed by atoms with Crippen molar-refractivity contribution in [3.63, 3.8) is 0 Å². The molecule has 0 saturated carbocycles. The van der Waals surface area contributed by atoms with Crippen molar-refractivity contribution in [1.29, 1.82) is 0 Å². The Morgan fingerprint density at radius 1 is 1.16 bits per heavy atom. The van der Waals surface area contributed by atoms with Crippen LogP contribution in [0.3, 0.4) is 0 Å². The first kappa shape index (κ1) is 25.8. The zero-order valence-electron chi connectivity index (χ0n) is 21.1. The van der Waals surface area contributed by atoms with Crippen LogP contribution in [0.2, 0.25) is 0 Å². The van der Waals surface area contributed by atoms with Crippen LogP contribution < -0.4 is 15.5 Å². The average Bonchev–Trinajstić information content (AvgIpc) is 3.44. The summed E-state index contributed by atoms with van der Waals surface area (Å²) in [5, 5.41) is 17.4. The minimum absolute atomic E-state index is 0.273. The summed E-state index contributed by atoms with van der Waals surface area (Å²) in [6, 6.07) is 18.6. The van der Waals surface area contributed by atoms with Crippen LogP contribution in [0.25, 0.3) is 10.9 Å². The summed E-state index contributed by atoms with van der Waals surface area (Å²) >= 11 is 1.64. The molecule has 2 atom stereocenters. The third-order valence-electron chi connectivity index (χ3n) is 6.89. The number of para-hydroxylation sites is 1. The van der Waals surface area contributed by atoms with Gasteiger partial charge in [0.1, 0.15) is 12.4 Å². The van der Waals surface area contributed by atoms with Crippen molar-refractivity contribution in [1.82, 2.24) is 20.7 Å². The third-order valence-corrected chi connectivity index (χ3v) is 7.62. The second-order valence-corrected chi connectivity index (χ2v) is 10.4. The molecule has 1 aliphatic rings. The van der Waals surface area contributed by atoms with Gasteiger partial charge in [-0.05, 0) is 78.7 Å². The van der Waals surface area contributed by atoms with Crippen molar-refractivity contribution in [2.45, 2.75) is 32.5 Å². The summed E-state index contributed by atoms with van der Waals surface area (Å²) in [7, 11) is 0. The second kappa shape index (κ2) is 11.7. The van der Waals surface area contributed by atoms with Gasteiger partial charge in [0.05, 0.1) is 17.5 Å². The Bertz CT molecular complexity index is 1410. The molecule has 9 heteroatoms. The van der Waals surface area contributed by atoms with Crippen LogP contribution in [-0.2, 0) is 17.9 Å². The summed E-state index contributed by atoms with van der Waals surface area (Å²) < 4.78 is 6.02. The molecule has 2 amide bonds. The van der Waals surface area contributed by atoms with Crippen LogP contribution in [0.1, 0.15) is 33.6 Å². The molecule has 0 aliphatic carbocycles. The number of pyridine rings is 1. The monoisotopic (exact) mass is 530 g/mol. The molecule has 2 aromatic heterocycles. The van der Waals surface area contributed by atoms with Crippen molar-refractivity contribution >= 4 is 34.1 Å². The predicted molar refractivity (Wildman–Crippen MR) is 146 cm³/mol. The fourth-order valence-electron chi connectivity index (χ4n) is 4.98. The number of fused-ring (bicyclic) bond motifs is 1. The number of hydrogen-bond donors (Lipinski definition) is 3. The highest BCUT2D eigenvalue weighted by Gasteiger charge is 2.35. The highest BCUT2D eigenvalue weighted by Crippen LogP contribution is 2.23. The highest BCUT2D eigenvalue weighted by atomic mass is 32.1. The smallest absolute Gasteiger partial charge is 0.251 e. The molecule has 0 spiro atoms. The van der Waals surface area contributed by atoms with Gasteiger partial charge in [-0.3, -0.25) is 24.7 Å². The number of amides is 2. The maximum Gasteiger partial charge on any atom is 0.251 e. The van der Waals surface area contributed by atoms with Gasteiger partial charge >= 0.3 is 0 Å². The Morgan fingerprint density at radius 3 is 2.74 bits per heavy atom. The number of ether oxygens (including phenoxy) is 1. The molecule has 1 saturated heterocycles. The zero-order chi connectivity index (χ0) is 26.5. The largest absolute Gasteiger partial charge is 0.489 e. The molecule has 1 aliphatic heterocycles. The fraction of sp³-hybridized carbons (Fsp3) is 0.276. The van der Waals surface area contributed by atoms with E-state index < -0.39 is 17.9 Å². The van der Waals surface area contributed by atoms with Crippen molar-refractivity contribution in [3.05, 3.63) is 93.8 Å². The number of hydrogen-bond acceptors (Lipinski definition) is 7. The maximum atomic E-state index is 13.1. The molecular weight excluding hydrogens is 500 g/mol. The predicted octanol–water partition coefficient (Wildman–Crippen LogP) is 4.31. The summed E-state index contributed by atoms with van der Waals surface area (Å²) in [5.41, 5.74) is 6.35. The lowest BCUT2D eigenvalue weighted by Crippen LogP contribution is -2.56. The quantitative estimate of drug-likeness (QED) is 0.232. The van der Waals surface area contributed by atoms with E-state index in [0.717, 1.165) is 28.7 Å². The first-order valence-corrected chi connectivity index (χ1v) is 13.5. The molecule has 1 fully saturated rings. The van der Waals surface area contributed by atoms with Crippen LogP contribution in [-0.4, -0.2) is 46.0 Å². The zero-order valence-corrected chi connectivity index (χ0v) is 21.9. The lowest BCUT2D eigenvalue weighted by atomic mass is 9.90. The molecule has 38 heavy (non-hydrogen) atoms. The lowest BCUT2D eigenvalue weighted by Gasteiger charge is -2.37. The van der Waals surface area contributed by atoms with Crippen LogP contribution in [0.15, 0.2) is 71.4 Å². The topological polar surface area (TPSA) is 104 Å². The number of piperidine rings is 1. The molecular formula is C29H30N4O4S. The first-order valence-electron chi connectivity index (χ1n) is 12.6. The molecule has 3 heterocycles. The number of carbonyl (C=O) groups excluding carboxylic acids is 2. The van der Waals surface area contributed by atoms with Crippen molar-refractivity contribution in [2.24, 2.45) is 5.92 Å². The fourth-order valence-corrected chi connectivity index (χ4v) is 5.64. The van der Waals surface area contributed by atoms with Crippen molar-refractivity contribution < 1.29 is 19.5 Å². The molecule has 196 valence electrons. The van der Waals surface area contributed by atoms with Gasteiger partial charge in [0.2, 0.25) is 5.91 Å². The van der Waals surface area contributed by atoms with Crippen molar-refractivity contribution in [3.8, 4) is 5.75 Å². The molecule has 8 nitrogen and oxygen atoms in total. The number of hydroxylamine groups is 1. The van der Waals surface area contributed by atoms with Gasteiger partial charge in [0.25, 0.3) is 5.91 Å². The Hall–Kier alpha value is -3.79. The molecule has 0 bridgehead atoms. The Labute approximate surface area is 225 Å². The van der Waals surface area contributed by atoms with Gasteiger partial charge in [-0.15, -0.1) is 0 Å². The van der Waals surface area contributed by atoms with Crippen LogP contribution in [0.5, 0.6) is 5.75 Å². The highest BCUT2D eigenvalue weighted by molar-refractivity contribution is 7.07. The third kappa shape index (κ3) is 6.02. The number of aromatic nitrogens is 1. The van der Waals surface area contributed by atoms with Gasteiger partial charge < -0.3 is 10.1 Å². The van der Waals surface area contributed by atoms with Gasteiger partial charge in [0.15, 0.2) is 0 Å². The minimum atomic E-state index is -0.510. The van der Waals surface area contributed by atoms with Crippen LogP contribution in [0.4, 0.5) is 0 Å². The molecule has 2 aromatic carbocycles. The van der Waals surface area contributed by atoms with E-state index in [4.69, 9.17) is 4.74 Å². The minimum Gasteiger partial charge on any atom is -0.489 e. The SMILES string of the molecule is Cc1cc(COc2ccc(C(=O)N[C@@H]3CN(Cc4ccsc4)CC[C@@H]3C(=O)NO)cc2)c2ccccc2n1. The Kier molecular flexibility index (Phi) is 7.97. The molecule has 5 rings (SSSR count). The number of rotatable bonds is 8. The van der Waals surface area contributed by atoms with E-state index in [1.807, 2.05) is 42.6 Å². The van der Waals surface area contributed by atoms with Gasteiger partial charge in [0, 0.05) is 35.3 Å². The van der Waals surface area contributed by atoms with Gasteiger partial charge in [-0.1, -0.05) is 18.2 Å². The Balaban J connectivity index is 1.23. The number of aryl methyl sites for hydroxylation is 1. The summed E-state index contributed by atoms with van der Waals surface area (Å²) in [6.45, 7) is 4.32. The van der Waals surface area contributed by atoms with E-state index >= 15 is 0 Å². The normalized spacial score (nSPS) is 17.7. The maximum absolute atomic E-state index is 13.1.